The number of rotatable bonds is 4. The summed E-state index contributed by atoms with van der Waals surface area (Å²) in [5, 5.41) is 0. The van der Waals surface area contributed by atoms with E-state index in [0.717, 1.165) is 10.0 Å². The van der Waals surface area contributed by atoms with Gasteiger partial charge in [0.25, 0.3) is 0 Å². The van der Waals surface area contributed by atoms with Gasteiger partial charge in [0.1, 0.15) is 0 Å². The predicted molar refractivity (Wildman–Crippen MR) is 78.0 cm³/mol. The predicted octanol–water partition coefficient (Wildman–Crippen LogP) is 3.89. The highest BCUT2D eigenvalue weighted by molar-refractivity contribution is 9.10. The van der Waals surface area contributed by atoms with Gasteiger partial charge in [-0.05, 0) is 38.9 Å². The molecule has 0 saturated heterocycles. The normalized spacial score (nSPS) is 18.2. The van der Waals surface area contributed by atoms with Crippen molar-refractivity contribution in [1.82, 2.24) is 4.90 Å². The number of carbonyl (C=O) groups excluding carboxylic acids is 1. The van der Waals surface area contributed by atoms with E-state index in [9.17, 15) is 4.79 Å². The number of nitrogens with zero attached hydrogens (tertiary/aromatic N) is 1. The largest absolute Gasteiger partial charge is 0.294 e. The maximum Gasteiger partial charge on any atom is 0.179 e. The highest BCUT2D eigenvalue weighted by Crippen LogP contribution is 2.25. The van der Waals surface area contributed by atoms with Gasteiger partial charge in [-0.15, -0.1) is 0 Å². The van der Waals surface area contributed by atoms with Gasteiger partial charge in [-0.2, -0.15) is 0 Å². The molecule has 0 spiro atoms. The number of Topliss-reactive ketones (excluding diaryl/α,β-unsaturated/α-hetero) is 1. The molecule has 98 valence electrons. The molecular formula is C15H20BrNO. The lowest BCUT2D eigenvalue weighted by Gasteiger charge is -2.29. The number of halogens is 1. The van der Waals surface area contributed by atoms with Gasteiger partial charge >= 0.3 is 0 Å². The maximum absolute atomic E-state index is 12.4. The molecule has 3 heteroatoms. The molecule has 18 heavy (non-hydrogen) atoms. The first-order chi connectivity index (χ1) is 8.59. The molecule has 1 aromatic carbocycles. The third kappa shape index (κ3) is 3.01. The van der Waals surface area contributed by atoms with Crippen LogP contribution in [-0.4, -0.2) is 29.8 Å². The summed E-state index contributed by atoms with van der Waals surface area (Å²) in [6.45, 7) is 2.02. The molecule has 1 unspecified atom stereocenters. The van der Waals surface area contributed by atoms with E-state index in [1.54, 1.807) is 0 Å². The Bertz CT molecular complexity index is 409. The number of hydrogen-bond donors (Lipinski definition) is 0. The van der Waals surface area contributed by atoms with Crippen molar-refractivity contribution in [2.75, 3.05) is 7.05 Å². The van der Waals surface area contributed by atoms with Gasteiger partial charge in [-0.25, -0.2) is 0 Å². The van der Waals surface area contributed by atoms with Crippen molar-refractivity contribution in [3.8, 4) is 0 Å². The van der Waals surface area contributed by atoms with Crippen LogP contribution in [0.5, 0.6) is 0 Å². The highest BCUT2D eigenvalue weighted by atomic mass is 79.9. The molecule has 0 radical (unpaired) electrons. The number of ketones is 1. The summed E-state index contributed by atoms with van der Waals surface area (Å²) in [5.74, 6) is 0.219. The van der Waals surface area contributed by atoms with Crippen LogP contribution in [0.25, 0.3) is 0 Å². The zero-order valence-corrected chi connectivity index (χ0v) is 12.6. The van der Waals surface area contributed by atoms with E-state index in [4.69, 9.17) is 0 Å². The van der Waals surface area contributed by atoms with Crippen LogP contribution in [0.4, 0.5) is 0 Å². The summed E-state index contributed by atoms with van der Waals surface area (Å²) in [6.07, 6.45) is 5.06. The molecule has 2 rings (SSSR count). The van der Waals surface area contributed by atoms with Gasteiger partial charge < -0.3 is 0 Å². The van der Waals surface area contributed by atoms with Gasteiger partial charge in [-0.1, -0.05) is 40.9 Å². The molecule has 0 amide bonds. The van der Waals surface area contributed by atoms with E-state index >= 15 is 0 Å². The molecule has 0 aromatic heterocycles. The molecular weight excluding hydrogens is 290 g/mol. The van der Waals surface area contributed by atoms with Crippen molar-refractivity contribution in [1.29, 1.82) is 0 Å². The molecule has 0 bridgehead atoms. The Morgan fingerprint density at radius 3 is 2.39 bits per heavy atom. The molecule has 0 aliphatic heterocycles. The van der Waals surface area contributed by atoms with Gasteiger partial charge in [-0.3, -0.25) is 9.69 Å². The van der Waals surface area contributed by atoms with Crippen LogP contribution < -0.4 is 0 Å². The minimum Gasteiger partial charge on any atom is -0.294 e. The summed E-state index contributed by atoms with van der Waals surface area (Å²) >= 11 is 3.39. The lowest BCUT2D eigenvalue weighted by Crippen LogP contribution is -2.41. The SMILES string of the molecule is CC(C(=O)c1ccc(Br)cc1)N(C)C1CCCC1. The van der Waals surface area contributed by atoms with Crippen molar-refractivity contribution in [3.63, 3.8) is 0 Å². The zero-order chi connectivity index (χ0) is 13.1. The van der Waals surface area contributed by atoms with Crippen molar-refractivity contribution in [3.05, 3.63) is 34.3 Å². The standard InChI is InChI=1S/C15H20BrNO/c1-11(17(2)14-5-3-4-6-14)15(18)12-7-9-13(16)10-8-12/h7-11,14H,3-6H2,1-2H3. The fourth-order valence-electron chi connectivity index (χ4n) is 2.67. The number of benzene rings is 1. The molecule has 0 heterocycles. The van der Waals surface area contributed by atoms with Crippen molar-refractivity contribution < 1.29 is 4.79 Å². The Morgan fingerprint density at radius 2 is 1.83 bits per heavy atom. The van der Waals surface area contributed by atoms with Crippen molar-refractivity contribution >= 4 is 21.7 Å². The third-order valence-electron chi connectivity index (χ3n) is 4.02. The molecule has 1 aliphatic rings. The lowest BCUT2D eigenvalue weighted by atomic mass is 10.0. The van der Waals surface area contributed by atoms with Gasteiger partial charge in [0, 0.05) is 16.1 Å². The summed E-state index contributed by atoms with van der Waals surface area (Å²) in [4.78, 5) is 14.6. The highest BCUT2D eigenvalue weighted by Gasteiger charge is 2.27. The van der Waals surface area contributed by atoms with Crippen LogP contribution in [0.1, 0.15) is 43.0 Å². The molecule has 1 atom stereocenters. The Morgan fingerprint density at radius 1 is 1.28 bits per heavy atom. The number of carbonyl (C=O) groups is 1. The molecule has 1 fully saturated rings. The summed E-state index contributed by atoms with van der Waals surface area (Å²) in [6, 6.07) is 8.19. The van der Waals surface area contributed by atoms with Gasteiger partial charge in [0.05, 0.1) is 6.04 Å². The zero-order valence-electron chi connectivity index (χ0n) is 11.0. The minimum atomic E-state index is -0.0331. The number of hydrogen-bond acceptors (Lipinski definition) is 2. The molecule has 0 N–H and O–H groups in total. The molecule has 1 aliphatic carbocycles. The topological polar surface area (TPSA) is 20.3 Å². The Hall–Kier alpha value is -0.670. The lowest BCUT2D eigenvalue weighted by molar-refractivity contribution is 0.0819. The molecule has 1 saturated carbocycles. The third-order valence-corrected chi connectivity index (χ3v) is 4.55. The first-order valence-electron chi connectivity index (χ1n) is 6.61. The van der Waals surface area contributed by atoms with Crippen LogP contribution in [0.2, 0.25) is 0 Å². The second-order valence-corrected chi connectivity index (χ2v) is 6.07. The van der Waals surface area contributed by atoms with Gasteiger partial charge in [0.15, 0.2) is 5.78 Å². The van der Waals surface area contributed by atoms with Crippen LogP contribution >= 0.6 is 15.9 Å². The first-order valence-corrected chi connectivity index (χ1v) is 7.40. The van der Waals surface area contributed by atoms with E-state index < -0.39 is 0 Å². The molecule has 1 aromatic rings. The Balaban J connectivity index is 2.05. The summed E-state index contributed by atoms with van der Waals surface area (Å²) in [5.41, 5.74) is 0.801. The second kappa shape index (κ2) is 5.98. The van der Waals surface area contributed by atoms with Crippen molar-refractivity contribution in [2.45, 2.75) is 44.7 Å². The summed E-state index contributed by atoms with van der Waals surface area (Å²) in [7, 11) is 2.08. The Labute approximate surface area is 117 Å². The minimum absolute atomic E-state index is 0.0331. The fraction of sp³-hybridized carbons (Fsp3) is 0.533. The van der Waals surface area contributed by atoms with Crippen LogP contribution in [-0.2, 0) is 0 Å². The van der Waals surface area contributed by atoms with E-state index in [-0.39, 0.29) is 11.8 Å². The molecule has 2 nitrogen and oxygen atoms in total. The summed E-state index contributed by atoms with van der Waals surface area (Å²) < 4.78 is 1.01. The van der Waals surface area contributed by atoms with Gasteiger partial charge in [0.2, 0.25) is 0 Å². The second-order valence-electron chi connectivity index (χ2n) is 5.15. The average molecular weight is 310 g/mol. The van der Waals surface area contributed by atoms with E-state index in [2.05, 4.69) is 27.9 Å². The number of likely N-dealkylation sites (N-methyl/N-ethyl adjacent to an activating group) is 1. The maximum atomic E-state index is 12.4. The van der Waals surface area contributed by atoms with Crippen molar-refractivity contribution in [2.24, 2.45) is 0 Å². The van der Waals surface area contributed by atoms with E-state index in [0.29, 0.717) is 6.04 Å². The van der Waals surface area contributed by atoms with Crippen LogP contribution in [0.15, 0.2) is 28.7 Å². The Kier molecular flexibility index (Phi) is 4.57. The average Bonchev–Trinajstić information content (AvgIpc) is 2.91. The monoisotopic (exact) mass is 309 g/mol. The first kappa shape index (κ1) is 13.8. The smallest absolute Gasteiger partial charge is 0.179 e. The van der Waals surface area contributed by atoms with Crippen LogP contribution in [0, 0.1) is 0 Å². The fourth-order valence-corrected chi connectivity index (χ4v) is 2.93. The quantitative estimate of drug-likeness (QED) is 0.786. The van der Waals surface area contributed by atoms with Crippen LogP contribution in [0.3, 0.4) is 0 Å². The van der Waals surface area contributed by atoms with E-state index in [1.165, 1.54) is 25.7 Å². The van der Waals surface area contributed by atoms with E-state index in [1.807, 2.05) is 31.2 Å².